The topological polar surface area (TPSA) is 170 Å². The van der Waals surface area contributed by atoms with E-state index < -0.39 is 46.6 Å². The van der Waals surface area contributed by atoms with Crippen LogP contribution in [0.25, 0.3) is 10.9 Å². The molecule has 2 aromatic rings. The highest BCUT2D eigenvalue weighted by molar-refractivity contribution is 7.87. The van der Waals surface area contributed by atoms with E-state index in [1.807, 2.05) is 11.6 Å². The number of nitrogens with zero attached hydrogens (tertiary/aromatic N) is 2. The van der Waals surface area contributed by atoms with Gasteiger partial charge >= 0.3 is 16.3 Å². The van der Waals surface area contributed by atoms with Crippen molar-refractivity contribution in [3.8, 4) is 0 Å². The van der Waals surface area contributed by atoms with Crippen molar-refractivity contribution in [1.29, 1.82) is 0 Å². The monoisotopic (exact) mass is 678 g/mol. The van der Waals surface area contributed by atoms with Crippen molar-refractivity contribution >= 4 is 50.6 Å². The number of hydrogen-bond donors (Lipinski definition) is 4. The molecule has 0 radical (unpaired) electrons. The summed E-state index contributed by atoms with van der Waals surface area (Å²) in [6.45, 7) is 6.96. The Kier molecular flexibility index (Phi) is 11.2. The van der Waals surface area contributed by atoms with E-state index in [9.17, 15) is 32.0 Å². The van der Waals surface area contributed by atoms with E-state index in [4.69, 9.17) is 4.74 Å². The van der Waals surface area contributed by atoms with Crippen LogP contribution in [0.5, 0.6) is 0 Å². The van der Waals surface area contributed by atoms with Crippen LogP contribution in [0.3, 0.4) is 0 Å². The van der Waals surface area contributed by atoms with Crippen LogP contribution in [-0.2, 0) is 24.5 Å². The number of benzene rings is 1. The molecule has 4 amide bonds. The first-order valence-electron chi connectivity index (χ1n) is 16.1. The second-order valence-corrected chi connectivity index (χ2v) is 15.5. The molecule has 2 heterocycles. The lowest BCUT2D eigenvalue weighted by Crippen LogP contribution is -2.49. The van der Waals surface area contributed by atoms with Crippen LogP contribution in [0.15, 0.2) is 24.3 Å². The van der Waals surface area contributed by atoms with Crippen LogP contribution >= 0.6 is 0 Å². The summed E-state index contributed by atoms with van der Waals surface area (Å²) in [5, 5.41) is 6.18. The van der Waals surface area contributed by atoms with E-state index in [1.54, 1.807) is 43.9 Å². The minimum Gasteiger partial charge on any atom is -0.444 e. The summed E-state index contributed by atoms with van der Waals surface area (Å²) in [6, 6.07) is 5.18. The van der Waals surface area contributed by atoms with Crippen molar-refractivity contribution < 1.29 is 36.7 Å². The number of aromatic nitrogens is 1. The lowest BCUT2D eigenvalue weighted by molar-refractivity contribution is -0.142. The Morgan fingerprint density at radius 3 is 2.36 bits per heavy atom. The number of hydrogen-bond acceptors (Lipinski definition) is 7. The maximum Gasteiger partial charge on any atom is 0.407 e. The molecule has 3 atom stereocenters. The summed E-state index contributed by atoms with van der Waals surface area (Å²) in [5.41, 5.74) is 0.394. The van der Waals surface area contributed by atoms with Crippen LogP contribution in [0, 0.1) is 17.8 Å². The highest BCUT2D eigenvalue weighted by atomic mass is 32.2. The third-order valence-corrected chi connectivity index (χ3v) is 10.4. The fourth-order valence-corrected chi connectivity index (χ4v) is 6.97. The van der Waals surface area contributed by atoms with Gasteiger partial charge in [0.25, 0.3) is 5.91 Å². The Bertz CT molecular complexity index is 1580. The minimum atomic E-state index is -3.97. The maximum atomic E-state index is 13.9. The number of rotatable bonds is 10. The van der Waals surface area contributed by atoms with Gasteiger partial charge < -0.3 is 25.3 Å². The molecule has 260 valence electrons. The van der Waals surface area contributed by atoms with Gasteiger partial charge in [0.15, 0.2) is 0 Å². The third-order valence-electron chi connectivity index (χ3n) is 8.99. The van der Waals surface area contributed by atoms with Gasteiger partial charge in [-0.05, 0) is 89.0 Å². The number of halogens is 1. The number of nitrogens with one attached hydrogen (secondary N) is 4. The van der Waals surface area contributed by atoms with E-state index in [0.29, 0.717) is 61.7 Å². The molecule has 1 aromatic carbocycles. The highest BCUT2D eigenvalue weighted by Crippen LogP contribution is 2.36. The number of H-pyrrole nitrogens is 1. The fraction of sp³-hybridized carbons (Fsp3) is 0.625. The summed E-state index contributed by atoms with van der Waals surface area (Å²) in [7, 11) is -1.36. The van der Waals surface area contributed by atoms with E-state index in [2.05, 4.69) is 15.6 Å². The van der Waals surface area contributed by atoms with Gasteiger partial charge in [-0.2, -0.15) is 12.7 Å². The molecular formula is C32H47FN6O7S. The predicted molar refractivity (Wildman–Crippen MR) is 175 cm³/mol. The van der Waals surface area contributed by atoms with Crippen LogP contribution in [-0.4, -0.2) is 91.4 Å². The number of alkyl carbamates (subject to hydrolysis) is 1. The number of aromatic amines is 1. The lowest BCUT2D eigenvalue weighted by atomic mass is 9.78. The second-order valence-electron chi connectivity index (χ2n) is 13.6. The molecule has 1 aliphatic heterocycles. The van der Waals surface area contributed by atoms with Gasteiger partial charge in [-0.3, -0.25) is 14.4 Å². The Morgan fingerprint density at radius 2 is 1.77 bits per heavy atom. The first-order valence-corrected chi connectivity index (χ1v) is 17.5. The van der Waals surface area contributed by atoms with Crippen molar-refractivity contribution in [2.45, 2.75) is 83.9 Å². The quantitative estimate of drug-likeness (QED) is 0.295. The largest absolute Gasteiger partial charge is 0.444 e. The summed E-state index contributed by atoms with van der Waals surface area (Å²) in [5.74, 6) is -1.64. The van der Waals surface area contributed by atoms with Gasteiger partial charge in [0.05, 0.1) is 6.04 Å². The molecule has 0 spiro atoms. The summed E-state index contributed by atoms with van der Waals surface area (Å²) < 4.78 is 46.2. The Morgan fingerprint density at radius 1 is 1.09 bits per heavy atom. The average Bonchev–Trinajstić information content (AvgIpc) is 3.63. The van der Waals surface area contributed by atoms with Gasteiger partial charge in [-0.25, -0.2) is 13.9 Å². The van der Waals surface area contributed by atoms with Gasteiger partial charge in [0.1, 0.15) is 24.0 Å². The Balaban J connectivity index is 1.40. The number of anilines is 1. The normalized spacial score (nSPS) is 22.6. The molecule has 2 aliphatic rings. The molecule has 2 fully saturated rings. The zero-order valence-corrected chi connectivity index (χ0v) is 28.7. The standard InChI is InChI=1S/C32H47FN6O7S/c1-7-19-14-15-39(30(42)21-10-8-20(9-11-21)26(18-33)36-31(43)46-32(2,3)4)27(19)29(41)34-23-12-13-24-22(16-23)17-25(35-24)28(40)37-47(44,45)38(5)6/h12-13,16-17,19-21,26-27,35H,7-11,14-15,18H2,1-6H3,(H,34,41)(H,36,43)(H,37,40)/t19-,20?,21?,26+,27-/m0/s1. The van der Waals surface area contributed by atoms with Crippen molar-refractivity contribution in [2.24, 2.45) is 17.8 Å². The van der Waals surface area contributed by atoms with Gasteiger partial charge in [-0.15, -0.1) is 0 Å². The van der Waals surface area contributed by atoms with Crippen LogP contribution in [0.4, 0.5) is 14.9 Å². The summed E-state index contributed by atoms with van der Waals surface area (Å²) >= 11 is 0. The third kappa shape index (κ3) is 8.80. The first kappa shape index (κ1) is 36.1. The summed E-state index contributed by atoms with van der Waals surface area (Å²) in [6.07, 6.45) is 2.97. The Labute approximate surface area is 275 Å². The molecule has 13 nitrogen and oxygen atoms in total. The smallest absolute Gasteiger partial charge is 0.407 e. The summed E-state index contributed by atoms with van der Waals surface area (Å²) in [4.78, 5) is 56.8. The highest BCUT2D eigenvalue weighted by Gasteiger charge is 2.44. The van der Waals surface area contributed by atoms with Gasteiger partial charge in [0, 0.05) is 43.1 Å². The SMILES string of the molecule is CC[C@H]1CCN(C(=O)C2CCC([C@@H](CF)NC(=O)OC(C)(C)C)CC2)[C@@H]1C(=O)Nc1ccc2[nH]c(C(=O)NS(=O)(=O)N(C)C)cc2c1. The maximum absolute atomic E-state index is 13.9. The number of alkyl halides is 1. The minimum absolute atomic E-state index is 0.0193. The average molecular weight is 679 g/mol. The predicted octanol–water partition coefficient (Wildman–Crippen LogP) is 3.94. The molecule has 4 N–H and O–H groups in total. The van der Waals surface area contributed by atoms with Crippen molar-refractivity contribution in [3.63, 3.8) is 0 Å². The number of carbonyl (C=O) groups is 4. The number of carbonyl (C=O) groups excluding carboxylic acids is 4. The van der Waals surface area contributed by atoms with E-state index in [0.717, 1.165) is 4.31 Å². The molecule has 0 unspecified atom stereocenters. The number of fused-ring (bicyclic) bond motifs is 1. The van der Waals surface area contributed by atoms with Gasteiger partial charge in [0.2, 0.25) is 11.8 Å². The molecule has 1 saturated heterocycles. The van der Waals surface area contributed by atoms with E-state index in [1.165, 1.54) is 20.2 Å². The fourth-order valence-electron chi connectivity index (χ4n) is 6.44. The second kappa shape index (κ2) is 14.6. The van der Waals surface area contributed by atoms with Crippen LogP contribution in [0.1, 0.15) is 76.7 Å². The molecule has 1 aliphatic carbocycles. The molecule has 4 rings (SSSR count). The van der Waals surface area contributed by atoms with Crippen molar-refractivity contribution in [1.82, 2.24) is 24.2 Å². The van der Waals surface area contributed by atoms with Crippen LogP contribution < -0.4 is 15.4 Å². The molecular weight excluding hydrogens is 631 g/mol. The lowest BCUT2D eigenvalue weighted by Gasteiger charge is -2.36. The van der Waals surface area contributed by atoms with Crippen LogP contribution in [0.2, 0.25) is 0 Å². The van der Waals surface area contributed by atoms with E-state index in [-0.39, 0.29) is 35.3 Å². The molecule has 1 saturated carbocycles. The Hall–Kier alpha value is -3.72. The number of ether oxygens (including phenoxy) is 1. The van der Waals surface area contributed by atoms with Crippen molar-refractivity contribution in [3.05, 3.63) is 30.0 Å². The van der Waals surface area contributed by atoms with Gasteiger partial charge in [-0.1, -0.05) is 13.3 Å². The van der Waals surface area contributed by atoms with E-state index >= 15 is 0 Å². The van der Waals surface area contributed by atoms with Crippen molar-refractivity contribution in [2.75, 3.05) is 32.6 Å². The number of likely N-dealkylation sites (tertiary alicyclic amines) is 1. The first-order chi connectivity index (χ1) is 22.0. The zero-order valence-electron chi connectivity index (χ0n) is 27.9. The molecule has 0 bridgehead atoms. The zero-order chi connectivity index (χ0) is 34.7. The molecule has 15 heteroatoms. The molecule has 1 aromatic heterocycles. The number of amides is 4. The molecule has 47 heavy (non-hydrogen) atoms.